The fraction of sp³-hybridized carbons (Fsp3) is 0.588. The smallest absolute Gasteiger partial charge is 0.254 e. The number of sulfonamides is 1. The maximum absolute atomic E-state index is 12.9. The number of rotatable bonds is 4. The van der Waals surface area contributed by atoms with E-state index in [2.05, 4.69) is 5.32 Å². The number of piperazine rings is 1. The number of methoxy groups -OCH3 is 1. The van der Waals surface area contributed by atoms with Gasteiger partial charge in [0.1, 0.15) is 10.6 Å². The van der Waals surface area contributed by atoms with Crippen LogP contribution in [0.4, 0.5) is 0 Å². The Morgan fingerprint density at radius 2 is 1.92 bits per heavy atom. The molecule has 146 valence electrons. The van der Waals surface area contributed by atoms with Crippen LogP contribution in [-0.2, 0) is 10.0 Å². The first kappa shape index (κ1) is 21.0. The number of nitrogens with one attached hydrogen (secondary N) is 1. The second-order valence-electron chi connectivity index (χ2n) is 6.53. The Kier molecular flexibility index (Phi) is 6.90. The lowest BCUT2D eigenvalue weighted by molar-refractivity contribution is 0.0655. The number of benzene rings is 1. The number of hydrogen-bond acceptors (Lipinski definition) is 5. The van der Waals surface area contributed by atoms with E-state index in [1.54, 1.807) is 17.0 Å². The summed E-state index contributed by atoms with van der Waals surface area (Å²) in [7, 11) is -2.21. The molecule has 0 aliphatic carbocycles. The third-order valence-electron chi connectivity index (χ3n) is 4.86. The van der Waals surface area contributed by atoms with Gasteiger partial charge in [-0.1, -0.05) is 0 Å². The van der Waals surface area contributed by atoms with Gasteiger partial charge in [0.25, 0.3) is 5.91 Å². The standard InChI is InChI=1S/C17H25N3O4S.ClH/c1-13-12-18-7-10-20(13)17(21)14-5-6-15(24-2)16(11-14)25(22,23)19-8-3-4-9-19;/h5-6,11,13,18H,3-4,7-10,12H2,1-2H3;1H/t13-;/m1./s1. The van der Waals surface area contributed by atoms with Gasteiger partial charge in [-0.2, -0.15) is 4.31 Å². The highest BCUT2D eigenvalue weighted by molar-refractivity contribution is 7.89. The molecule has 0 saturated carbocycles. The van der Waals surface area contributed by atoms with Gasteiger partial charge in [0.15, 0.2) is 0 Å². The molecule has 0 bridgehead atoms. The van der Waals surface area contributed by atoms with Gasteiger partial charge < -0.3 is 15.0 Å². The molecule has 7 nitrogen and oxygen atoms in total. The van der Waals surface area contributed by atoms with E-state index >= 15 is 0 Å². The summed E-state index contributed by atoms with van der Waals surface area (Å²) in [6.45, 7) is 5.10. The third-order valence-corrected chi connectivity index (χ3v) is 6.78. The highest BCUT2D eigenvalue weighted by Crippen LogP contribution is 2.30. The van der Waals surface area contributed by atoms with E-state index < -0.39 is 10.0 Å². The molecule has 1 N–H and O–H groups in total. The summed E-state index contributed by atoms with van der Waals surface area (Å²) in [4.78, 5) is 14.7. The van der Waals surface area contributed by atoms with E-state index in [1.807, 2.05) is 6.92 Å². The molecule has 2 saturated heterocycles. The zero-order chi connectivity index (χ0) is 18.0. The van der Waals surface area contributed by atoms with Crippen molar-refractivity contribution in [2.75, 3.05) is 39.8 Å². The molecule has 1 aromatic rings. The van der Waals surface area contributed by atoms with Crippen LogP contribution in [0, 0.1) is 0 Å². The summed E-state index contributed by atoms with van der Waals surface area (Å²) in [6, 6.07) is 4.74. The number of hydrogen-bond donors (Lipinski definition) is 1. The molecule has 0 unspecified atom stereocenters. The Bertz CT molecular complexity index is 750. The fourth-order valence-electron chi connectivity index (χ4n) is 3.39. The van der Waals surface area contributed by atoms with Crippen molar-refractivity contribution in [1.29, 1.82) is 0 Å². The lowest BCUT2D eigenvalue weighted by atomic mass is 10.1. The quantitative estimate of drug-likeness (QED) is 0.820. The first-order valence-electron chi connectivity index (χ1n) is 8.65. The van der Waals surface area contributed by atoms with Crippen LogP contribution in [0.3, 0.4) is 0 Å². The van der Waals surface area contributed by atoms with Crippen LogP contribution in [-0.4, -0.2) is 69.4 Å². The number of carbonyl (C=O) groups is 1. The molecular formula is C17H26ClN3O4S. The van der Waals surface area contributed by atoms with Gasteiger partial charge in [0.2, 0.25) is 10.0 Å². The predicted octanol–water partition coefficient (Wildman–Crippen LogP) is 1.34. The second-order valence-corrected chi connectivity index (χ2v) is 8.43. The Labute approximate surface area is 161 Å². The molecule has 2 heterocycles. The van der Waals surface area contributed by atoms with Crippen LogP contribution >= 0.6 is 12.4 Å². The monoisotopic (exact) mass is 403 g/mol. The van der Waals surface area contributed by atoms with Gasteiger partial charge in [0, 0.05) is 44.3 Å². The van der Waals surface area contributed by atoms with E-state index in [0.717, 1.165) is 25.9 Å². The van der Waals surface area contributed by atoms with Crippen LogP contribution in [0.15, 0.2) is 23.1 Å². The van der Waals surface area contributed by atoms with E-state index in [1.165, 1.54) is 17.5 Å². The van der Waals surface area contributed by atoms with Crippen molar-refractivity contribution in [2.24, 2.45) is 0 Å². The van der Waals surface area contributed by atoms with Crippen LogP contribution < -0.4 is 10.1 Å². The minimum atomic E-state index is -3.66. The van der Waals surface area contributed by atoms with Crippen molar-refractivity contribution in [3.8, 4) is 5.75 Å². The maximum atomic E-state index is 12.9. The summed E-state index contributed by atoms with van der Waals surface area (Å²) in [5.41, 5.74) is 0.382. The van der Waals surface area contributed by atoms with Gasteiger partial charge >= 0.3 is 0 Å². The number of ether oxygens (including phenoxy) is 1. The summed E-state index contributed by atoms with van der Waals surface area (Å²) in [5, 5.41) is 3.25. The SMILES string of the molecule is COc1ccc(C(=O)N2CCNC[C@H]2C)cc1S(=O)(=O)N1CCCC1.Cl. The summed E-state index contributed by atoms with van der Waals surface area (Å²) in [6.07, 6.45) is 1.72. The Balaban J connectivity index is 0.00000243. The van der Waals surface area contributed by atoms with E-state index in [4.69, 9.17) is 4.74 Å². The summed E-state index contributed by atoms with van der Waals surface area (Å²) >= 11 is 0. The Morgan fingerprint density at radius 1 is 1.23 bits per heavy atom. The molecule has 1 amide bonds. The molecule has 3 rings (SSSR count). The summed E-state index contributed by atoms with van der Waals surface area (Å²) < 4.78 is 32.6. The molecule has 1 aromatic carbocycles. The lowest BCUT2D eigenvalue weighted by Gasteiger charge is -2.34. The first-order chi connectivity index (χ1) is 11.9. The third kappa shape index (κ3) is 3.98. The average Bonchev–Trinajstić information content (AvgIpc) is 3.16. The number of halogens is 1. The Hall–Kier alpha value is -1.35. The van der Waals surface area contributed by atoms with Crippen molar-refractivity contribution in [3.05, 3.63) is 23.8 Å². The summed E-state index contributed by atoms with van der Waals surface area (Å²) in [5.74, 6) is 0.131. The van der Waals surface area contributed by atoms with Gasteiger partial charge in [-0.15, -0.1) is 12.4 Å². The van der Waals surface area contributed by atoms with Crippen molar-refractivity contribution in [3.63, 3.8) is 0 Å². The van der Waals surface area contributed by atoms with Crippen molar-refractivity contribution >= 4 is 28.3 Å². The minimum absolute atomic E-state index is 0. The zero-order valence-corrected chi connectivity index (χ0v) is 16.7. The molecule has 1 atom stereocenters. The van der Waals surface area contributed by atoms with Crippen LogP contribution in [0.25, 0.3) is 0 Å². The van der Waals surface area contributed by atoms with E-state index in [9.17, 15) is 13.2 Å². The van der Waals surface area contributed by atoms with Gasteiger partial charge in [-0.3, -0.25) is 4.79 Å². The van der Waals surface area contributed by atoms with Crippen LogP contribution in [0.1, 0.15) is 30.1 Å². The molecule has 9 heteroatoms. The van der Waals surface area contributed by atoms with E-state index in [0.29, 0.717) is 25.2 Å². The van der Waals surface area contributed by atoms with Crippen LogP contribution in [0.2, 0.25) is 0 Å². The average molecular weight is 404 g/mol. The molecule has 0 spiro atoms. The van der Waals surface area contributed by atoms with Gasteiger partial charge in [0.05, 0.1) is 7.11 Å². The molecule has 0 aromatic heterocycles. The molecular weight excluding hydrogens is 378 g/mol. The lowest BCUT2D eigenvalue weighted by Crippen LogP contribution is -2.52. The Morgan fingerprint density at radius 3 is 2.54 bits per heavy atom. The van der Waals surface area contributed by atoms with Crippen molar-refractivity contribution < 1.29 is 17.9 Å². The van der Waals surface area contributed by atoms with Crippen LogP contribution in [0.5, 0.6) is 5.75 Å². The number of nitrogens with zero attached hydrogens (tertiary/aromatic N) is 2. The second kappa shape index (κ2) is 8.56. The largest absolute Gasteiger partial charge is 0.495 e. The molecule has 2 aliphatic rings. The normalized spacial score (nSPS) is 21.3. The first-order valence-corrected chi connectivity index (χ1v) is 10.1. The minimum Gasteiger partial charge on any atom is -0.495 e. The maximum Gasteiger partial charge on any atom is 0.254 e. The number of amides is 1. The van der Waals surface area contributed by atoms with Gasteiger partial charge in [-0.25, -0.2) is 8.42 Å². The van der Waals surface area contributed by atoms with E-state index in [-0.39, 0.29) is 35.0 Å². The highest BCUT2D eigenvalue weighted by Gasteiger charge is 2.32. The molecule has 2 fully saturated rings. The highest BCUT2D eigenvalue weighted by atomic mass is 35.5. The topological polar surface area (TPSA) is 79.0 Å². The molecule has 0 radical (unpaired) electrons. The number of carbonyl (C=O) groups excluding carboxylic acids is 1. The fourth-order valence-corrected chi connectivity index (χ4v) is 5.09. The van der Waals surface area contributed by atoms with Gasteiger partial charge in [-0.05, 0) is 38.0 Å². The molecule has 2 aliphatic heterocycles. The zero-order valence-electron chi connectivity index (χ0n) is 15.1. The van der Waals surface area contributed by atoms with Crippen molar-refractivity contribution in [1.82, 2.24) is 14.5 Å². The predicted molar refractivity (Wildman–Crippen MR) is 102 cm³/mol. The van der Waals surface area contributed by atoms with Crippen molar-refractivity contribution in [2.45, 2.75) is 30.7 Å². The molecule has 26 heavy (non-hydrogen) atoms.